The van der Waals surface area contributed by atoms with E-state index < -0.39 is 0 Å². The molecule has 3 N–H and O–H groups in total. The molecule has 0 aliphatic heterocycles. The van der Waals surface area contributed by atoms with Crippen molar-refractivity contribution in [1.29, 1.82) is 0 Å². The normalized spacial score (nSPS) is 12.1. The Labute approximate surface area is 156 Å². The summed E-state index contributed by atoms with van der Waals surface area (Å²) in [6, 6.07) is 4.81. The molecule has 1 aromatic carbocycles. The molecule has 3 aromatic rings. The molecule has 26 heavy (non-hydrogen) atoms. The highest BCUT2D eigenvalue weighted by atomic mass is 32.1. The third kappa shape index (κ3) is 4.40. The fraction of sp³-hybridized carbons (Fsp3) is 0.368. The molecular weight excluding hydrogens is 349 g/mol. The smallest absolute Gasteiger partial charge is 0.191 e. The van der Waals surface area contributed by atoms with Gasteiger partial charge in [-0.15, -0.1) is 11.3 Å². The lowest BCUT2D eigenvalue weighted by atomic mass is 10.1. The molecule has 0 amide bonds. The lowest BCUT2D eigenvalue weighted by Crippen LogP contribution is -2.37. The van der Waals surface area contributed by atoms with Gasteiger partial charge in [-0.1, -0.05) is 13.8 Å². The van der Waals surface area contributed by atoms with E-state index in [2.05, 4.69) is 44.8 Å². The standard InChI is InChI=1S/C19H24FN5S/c1-12(2)17-11-26-18(25-17)10-24-19(21-3)22-7-6-13-9-23-16-5-4-14(20)8-15(13)16/h4-5,8-9,11-12,23H,6-7,10H2,1-3H3,(H2,21,22,24). The first-order valence-electron chi connectivity index (χ1n) is 8.71. The van der Waals surface area contributed by atoms with E-state index in [1.165, 1.54) is 6.07 Å². The number of H-pyrrole nitrogens is 1. The second kappa shape index (κ2) is 8.31. The number of halogens is 1. The number of hydrogen-bond donors (Lipinski definition) is 3. The van der Waals surface area contributed by atoms with Crippen molar-refractivity contribution < 1.29 is 4.39 Å². The molecule has 0 saturated carbocycles. The molecule has 0 aliphatic rings. The number of nitrogens with one attached hydrogen (secondary N) is 3. The Kier molecular flexibility index (Phi) is 5.88. The van der Waals surface area contributed by atoms with Gasteiger partial charge >= 0.3 is 0 Å². The minimum Gasteiger partial charge on any atom is -0.361 e. The van der Waals surface area contributed by atoms with Crippen molar-refractivity contribution in [2.24, 2.45) is 4.99 Å². The van der Waals surface area contributed by atoms with Crippen molar-refractivity contribution >= 4 is 28.2 Å². The number of aromatic nitrogens is 2. The Hall–Kier alpha value is -2.41. The quantitative estimate of drug-likeness (QED) is 0.455. The van der Waals surface area contributed by atoms with Crippen LogP contribution in [0.4, 0.5) is 4.39 Å². The van der Waals surface area contributed by atoms with Crippen molar-refractivity contribution in [2.45, 2.75) is 32.7 Å². The first kappa shape index (κ1) is 18.4. The van der Waals surface area contributed by atoms with Crippen LogP contribution in [0.5, 0.6) is 0 Å². The van der Waals surface area contributed by atoms with Gasteiger partial charge in [0, 0.05) is 36.1 Å². The average Bonchev–Trinajstić information content (AvgIpc) is 3.25. The summed E-state index contributed by atoms with van der Waals surface area (Å²) in [5.41, 5.74) is 3.17. The van der Waals surface area contributed by atoms with Crippen molar-refractivity contribution in [3.8, 4) is 0 Å². The van der Waals surface area contributed by atoms with Crippen LogP contribution in [0.3, 0.4) is 0 Å². The van der Waals surface area contributed by atoms with Crippen LogP contribution in [0.1, 0.15) is 36.0 Å². The van der Waals surface area contributed by atoms with Crippen molar-refractivity contribution in [3.63, 3.8) is 0 Å². The summed E-state index contributed by atoms with van der Waals surface area (Å²) in [4.78, 5) is 12.0. The number of nitrogens with zero attached hydrogens (tertiary/aromatic N) is 2. The highest BCUT2D eigenvalue weighted by Crippen LogP contribution is 2.19. The van der Waals surface area contributed by atoms with Gasteiger partial charge in [0.05, 0.1) is 12.2 Å². The summed E-state index contributed by atoms with van der Waals surface area (Å²) in [6.07, 6.45) is 2.71. The first-order valence-corrected chi connectivity index (χ1v) is 9.59. The van der Waals surface area contributed by atoms with E-state index in [9.17, 15) is 4.39 Å². The number of aromatic amines is 1. The van der Waals surface area contributed by atoms with E-state index in [1.807, 2.05) is 6.20 Å². The summed E-state index contributed by atoms with van der Waals surface area (Å²) in [5, 5.41) is 10.7. The van der Waals surface area contributed by atoms with Gasteiger partial charge in [0.25, 0.3) is 0 Å². The lowest BCUT2D eigenvalue weighted by Gasteiger charge is -2.10. The second-order valence-corrected chi connectivity index (χ2v) is 7.37. The molecule has 3 rings (SSSR count). The Bertz CT molecular complexity index is 896. The van der Waals surface area contributed by atoms with Crippen LogP contribution in [-0.4, -0.2) is 29.5 Å². The number of fused-ring (bicyclic) bond motifs is 1. The van der Waals surface area contributed by atoms with Gasteiger partial charge in [0.2, 0.25) is 0 Å². The van der Waals surface area contributed by atoms with E-state index >= 15 is 0 Å². The Morgan fingerprint density at radius 3 is 2.92 bits per heavy atom. The molecule has 0 radical (unpaired) electrons. The van der Waals surface area contributed by atoms with Crippen LogP contribution in [-0.2, 0) is 13.0 Å². The molecule has 0 fully saturated rings. The molecule has 2 aromatic heterocycles. The van der Waals surface area contributed by atoms with Gasteiger partial charge < -0.3 is 15.6 Å². The average molecular weight is 374 g/mol. The van der Waals surface area contributed by atoms with Crippen LogP contribution in [0.2, 0.25) is 0 Å². The molecular formula is C19H24FN5S. The van der Waals surface area contributed by atoms with Gasteiger partial charge in [0.1, 0.15) is 10.8 Å². The number of thiazole rings is 1. The molecule has 138 valence electrons. The number of guanidine groups is 1. The van der Waals surface area contributed by atoms with E-state index in [0.29, 0.717) is 19.0 Å². The number of rotatable bonds is 6. The van der Waals surface area contributed by atoms with E-state index in [1.54, 1.807) is 30.5 Å². The van der Waals surface area contributed by atoms with Crippen molar-refractivity contribution in [3.05, 3.63) is 51.9 Å². The van der Waals surface area contributed by atoms with E-state index in [-0.39, 0.29) is 5.82 Å². The number of aliphatic imine (C=N–C) groups is 1. The Morgan fingerprint density at radius 1 is 1.35 bits per heavy atom. The van der Waals surface area contributed by atoms with Crippen LogP contribution in [0, 0.1) is 5.82 Å². The topological polar surface area (TPSA) is 65.1 Å². The number of hydrogen-bond acceptors (Lipinski definition) is 3. The molecule has 0 aliphatic carbocycles. The molecule has 7 heteroatoms. The van der Waals surface area contributed by atoms with Crippen LogP contribution in [0.25, 0.3) is 10.9 Å². The zero-order chi connectivity index (χ0) is 18.5. The van der Waals surface area contributed by atoms with Gasteiger partial charge in [-0.05, 0) is 36.1 Å². The summed E-state index contributed by atoms with van der Waals surface area (Å²) in [7, 11) is 1.75. The molecule has 5 nitrogen and oxygen atoms in total. The number of benzene rings is 1. The van der Waals surface area contributed by atoms with Crippen LogP contribution < -0.4 is 10.6 Å². The minimum absolute atomic E-state index is 0.215. The monoisotopic (exact) mass is 373 g/mol. The van der Waals surface area contributed by atoms with E-state index in [0.717, 1.165) is 39.5 Å². The summed E-state index contributed by atoms with van der Waals surface area (Å²) < 4.78 is 13.4. The van der Waals surface area contributed by atoms with E-state index in [4.69, 9.17) is 0 Å². The molecule has 0 atom stereocenters. The first-order chi connectivity index (χ1) is 12.6. The zero-order valence-corrected chi connectivity index (χ0v) is 16.1. The summed E-state index contributed by atoms with van der Waals surface area (Å²) in [5.74, 6) is 0.962. The predicted octanol–water partition coefficient (Wildman–Crippen LogP) is 3.79. The van der Waals surface area contributed by atoms with Gasteiger partial charge in [-0.25, -0.2) is 9.37 Å². The predicted molar refractivity (Wildman–Crippen MR) is 106 cm³/mol. The summed E-state index contributed by atoms with van der Waals surface area (Å²) >= 11 is 1.66. The van der Waals surface area contributed by atoms with Crippen LogP contribution >= 0.6 is 11.3 Å². The highest BCUT2D eigenvalue weighted by molar-refractivity contribution is 7.09. The van der Waals surface area contributed by atoms with Crippen molar-refractivity contribution in [1.82, 2.24) is 20.6 Å². The molecule has 2 heterocycles. The maximum absolute atomic E-state index is 13.4. The minimum atomic E-state index is -0.215. The zero-order valence-electron chi connectivity index (χ0n) is 15.3. The van der Waals surface area contributed by atoms with Crippen molar-refractivity contribution in [2.75, 3.05) is 13.6 Å². The second-order valence-electron chi connectivity index (χ2n) is 6.43. The fourth-order valence-electron chi connectivity index (χ4n) is 2.72. The molecule has 0 spiro atoms. The third-order valence-corrected chi connectivity index (χ3v) is 5.08. The van der Waals surface area contributed by atoms with Gasteiger partial charge in [-0.2, -0.15) is 0 Å². The Morgan fingerprint density at radius 2 is 2.19 bits per heavy atom. The molecule has 0 unspecified atom stereocenters. The Balaban J connectivity index is 1.51. The molecule has 0 saturated heterocycles. The SMILES string of the molecule is CN=C(NCCc1c[nH]c2ccc(F)cc12)NCc1nc(C(C)C)cs1. The lowest BCUT2D eigenvalue weighted by molar-refractivity contribution is 0.629. The molecule has 0 bridgehead atoms. The largest absolute Gasteiger partial charge is 0.361 e. The van der Waals surface area contributed by atoms with Gasteiger partial charge in [0.15, 0.2) is 5.96 Å². The van der Waals surface area contributed by atoms with Crippen LogP contribution in [0.15, 0.2) is 34.8 Å². The maximum atomic E-state index is 13.4. The third-order valence-electron chi connectivity index (χ3n) is 4.21. The fourth-order valence-corrected chi connectivity index (χ4v) is 3.62. The highest BCUT2D eigenvalue weighted by Gasteiger charge is 2.07. The van der Waals surface area contributed by atoms with Gasteiger partial charge in [-0.3, -0.25) is 4.99 Å². The summed E-state index contributed by atoms with van der Waals surface area (Å²) in [6.45, 7) is 5.64. The maximum Gasteiger partial charge on any atom is 0.191 e.